The summed E-state index contributed by atoms with van der Waals surface area (Å²) >= 11 is 6.10. The van der Waals surface area contributed by atoms with Gasteiger partial charge in [-0.15, -0.1) is 11.6 Å². The molecule has 0 radical (unpaired) electrons. The molecule has 1 aliphatic carbocycles. The number of carbonyl (C=O) groups is 1. The summed E-state index contributed by atoms with van der Waals surface area (Å²) in [6.45, 7) is 0. The zero-order valence-corrected chi connectivity index (χ0v) is 11.7. The zero-order chi connectivity index (χ0) is 14.7. The molecule has 1 amide bonds. The molecule has 1 saturated carbocycles. The van der Waals surface area contributed by atoms with Crippen LogP contribution in [-0.2, 0) is 0 Å². The molecule has 1 aromatic carbocycles. The fraction of sp³-hybridized carbons (Fsp3) is 0.462. The average Bonchev–Trinajstić information content (AvgIpc) is 2.83. The Morgan fingerprint density at radius 3 is 2.80 bits per heavy atom. The van der Waals surface area contributed by atoms with Crippen molar-refractivity contribution in [1.82, 2.24) is 5.32 Å². The molecular weight excluding hydrogens is 284 g/mol. The van der Waals surface area contributed by atoms with Crippen molar-refractivity contribution < 1.29 is 14.5 Å². The standard InChI is InChI=1S/C13H15ClN2O4/c1-20-12-6-5-8(7-11(12)16(18)19)13(17)15-10-4-2-3-9(10)14/h5-7,9-10H,2-4H2,1H3,(H,15,17). The summed E-state index contributed by atoms with van der Waals surface area (Å²) in [4.78, 5) is 22.4. The smallest absolute Gasteiger partial charge is 0.311 e. The van der Waals surface area contributed by atoms with Gasteiger partial charge in [0, 0.05) is 17.7 Å². The number of nitrogens with zero attached hydrogens (tertiary/aromatic N) is 1. The number of nitro benzene ring substituents is 1. The summed E-state index contributed by atoms with van der Waals surface area (Å²) in [5, 5.41) is 13.7. The minimum atomic E-state index is -0.574. The van der Waals surface area contributed by atoms with Gasteiger partial charge in [0.1, 0.15) is 0 Å². The topological polar surface area (TPSA) is 81.5 Å². The summed E-state index contributed by atoms with van der Waals surface area (Å²) in [5.41, 5.74) is 0.00209. The predicted molar refractivity (Wildman–Crippen MR) is 74.4 cm³/mol. The lowest BCUT2D eigenvalue weighted by Crippen LogP contribution is -2.37. The molecule has 0 saturated heterocycles. The van der Waals surface area contributed by atoms with E-state index in [1.807, 2.05) is 0 Å². The van der Waals surface area contributed by atoms with Crippen molar-refractivity contribution in [3.8, 4) is 5.75 Å². The molecule has 0 aliphatic heterocycles. The summed E-state index contributed by atoms with van der Waals surface area (Å²) in [6.07, 6.45) is 2.68. The number of methoxy groups -OCH3 is 1. The highest BCUT2D eigenvalue weighted by molar-refractivity contribution is 6.21. The maximum absolute atomic E-state index is 12.1. The first kappa shape index (κ1) is 14.6. The van der Waals surface area contributed by atoms with Crippen molar-refractivity contribution in [1.29, 1.82) is 0 Å². The van der Waals surface area contributed by atoms with Crippen LogP contribution in [0.5, 0.6) is 5.75 Å². The molecule has 6 nitrogen and oxygen atoms in total. The van der Waals surface area contributed by atoms with Crippen molar-refractivity contribution in [2.24, 2.45) is 0 Å². The molecule has 0 aromatic heterocycles. The first-order chi connectivity index (χ1) is 9.52. The first-order valence-electron chi connectivity index (χ1n) is 6.30. The number of halogens is 1. The molecule has 1 fully saturated rings. The molecular formula is C13H15ClN2O4. The Balaban J connectivity index is 2.17. The van der Waals surface area contributed by atoms with E-state index in [9.17, 15) is 14.9 Å². The van der Waals surface area contributed by atoms with E-state index in [0.29, 0.717) is 0 Å². The van der Waals surface area contributed by atoms with E-state index in [1.165, 1.54) is 25.3 Å². The van der Waals surface area contributed by atoms with Crippen molar-refractivity contribution in [2.75, 3.05) is 7.11 Å². The lowest BCUT2D eigenvalue weighted by atomic mass is 10.1. The Bertz CT molecular complexity index is 535. The Kier molecular flexibility index (Phi) is 4.44. The number of nitrogens with one attached hydrogen (secondary N) is 1. The van der Waals surface area contributed by atoms with E-state index >= 15 is 0 Å². The number of benzene rings is 1. The number of rotatable bonds is 4. The molecule has 2 rings (SSSR count). The van der Waals surface area contributed by atoms with Crippen LogP contribution in [0.4, 0.5) is 5.69 Å². The van der Waals surface area contributed by atoms with Crippen LogP contribution in [-0.4, -0.2) is 29.4 Å². The summed E-state index contributed by atoms with van der Waals surface area (Å²) in [5.74, 6) is -0.226. The summed E-state index contributed by atoms with van der Waals surface area (Å²) < 4.78 is 4.90. The molecule has 7 heteroatoms. The molecule has 108 valence electrons. The van der Waals surface area contributed by atoms with Gasteiger partial charge in [-0.3, -0.25) is 14.9 Å². The third-order valence-corrected chi connectivity index (χ3v) is 3.91. The van der Waals surface area contributed by atoms with Gasteiger partial charge in [0.15, 0.2) is 5.75 Å². The number of ether oxygens (including phenoxy) is 1. The average molecular weight is 299 g/mol. The van der Waals surface area contributed by atoms with Crippen LogP contribution in [0.25, 0.3) is 0 Å². The van der Waals surface area contributed by atoms with Crippen molar-refractivity contribution >= 4 is 23.2 Å². The van der Waals surface area contributed by atoms with E-state index in [4.69, 9.17) is 16.3 Å². The third-order valence-electron chi connectivity index (χ3n) is 3.39. The van der Waals surface area contributed by atoms with Crippen LogP contribution >= 0.6 is 11.6 Å². The number of alkyl halides is 1. The number of amides is 1. The van der Waals surface area contributed by atoms with Crippen molar-refractivity contribution in [3.63, 3.8) is 0 Å². The van der Waals surface area contributed by atoms with E-state index in [1.54, 1.807) is 0 Å². The largest absolute Gasteiger partial charge is 0.490 e. The maximum Gasteiger partial charge on any atom is 0.311 e. The van der Waals surface area contributed by atoms with Gasteiger partial charge in [-0.25, -0.2) is 0 Å². The Morgan fingerprint density at radius 2 is 2.25 bits per heavy atom. The van der Waals surface area contributed by atoms with Crippen LogP contribution < -0.4 is 10.1 Å². The predicted octanol–water partition coefficient (Wildman–Crippen LogP) is 2.49. The molecule has 0 spiro atoms. The molecule has 0 bridgehead atoms. The highest BCUT2D eigenvalue weighted by Gasteiger charge is 2.27. The van der Waals surface area contributed by atoms with Crippen molar-refractivity contribution in [2.45, 2.75) is 30.7 Å². The molecule has 1 aromatic rings. The highest BCUT2D eigenvalue weighted by atomic mass is 35.5. The summed E-state index contributed by atoms with van der Waals surface area (Å²) in [7, 11) is 1.35. The molecule has 1 aliphatic rings. The number of nitro groups is 1. The molecule has 2 unspecified atom stereocenters. The minimum Gasteiger partial charge on any atom is -0.490 e. The van der Waals surface area contributed by atoms with Crippen LogP contribution in [0.3, 0.4) is 0 Å². The van der Waals surface area contributed by atoms with Gasteiger partial charge in [-0.05, 0) is 31.4 Å². The highest BCUT2D eigenvalue weighted by Crippen LogP contribution is 2.28. The number of carbonyl (C=O) groups excluding carboxylic acids is 1. The fourth-order valence-corrected chi connectivity index (χ4v) is 2.65. The van der Waals surface area contributed by atoms with Gasteiger partial charge in [0.2, 0.25) is 0 Å². The van der Waals surface area contributed by atoms with E-state index < -0.39 is 4.92 Å². The van der Waals surface area contributed by atoms with E-state index in [2.05, 4.69) is 5.32 Å². The lowest BCUT2D eigenvalue weighted by molar-refractivity contribution is -0.385. The Morgan fingerprint density at radius 1 is 1.50 bits per heavy atom. The quantitative estimate of drug-likeness (QED) is 0.526. The molecule has 1 N–H and O–H groups in total. The van der Waals surface area contributed by atoms with Crippen LogP contribution in [0.15, 0.2) is 18.2 Å². The van der Waals surface area contributed by atoms with Crippen molar-refractivity contribution in [3.05, 3.63) is 33.9 Å². The third kappa shape index (κ3) is 3.01. The van der Waals surface area contributed by atoms with Gasteiger partial charge >= 0.3 is 5.69 Å². The molecule has 2 atom stereocenters. The van der Waals surface area contributed by atoms with Gasteiger partial charge in [-0.2, -0.15) is 0 Å². The number of hydrogen-bond acceptors (Lipinski definition) is 4. The van der Waals surface area contributed by atoms with Gasteiger partial charge < -0.3 is 10.1 Å². The zero-order valence-electron chi connectivity index (χ0n) is 11.0. The van der Waals surface area contributed by atoms with Crippen LogP contribution in [0.1, 0.15) is 29.6 Å². The van der Waals surface area contributed by atoms with Gasteiger partial charge in [-0.1, -0.05) is 0 Å². The second kappa shape index (κ2) is 6.09. The first-order valence-corrected chi connectivity index (χ1v) is 6.74. The van der Waals surface area contributed by atoms with Gasteiger partial charge in [0.25, 0.3) is 5.91 Å². The monoisotopic (exact) mass is 298 g/mol. The number of hydrogen-bond donors (Lipinski definition) is 1. The van der Waals surface area contributed by atoms with Crippen LogP contribution in [0.2, 0.25) is 0 Å². The fourth-order valence-electron chi connectivity index (χ4n) is 2.30. The van der Waals surface area contributed by atoms with E-state index in [-0.39, 0.29) is 34.3 Å². The molecule has 20 heavy (non-hydrogen) atoms. The second-order valence-electron chi connectivity index (χ2n) is 4.67. The maximum atomic E-state index is 12.1. The Hall–Kier alpha value is -1.82. The molecule has 0 heterocycles. The second-order valence-corrected chi connectivity index (χ2v) is 5.23. The summed E-state index contributed by atoms with van der Waals surface area (Å²) in [6, 6.07) is 4.05. The lowest BCUT2D eigenvalue weighted by Gasteiger charge is -2.15. The van der Waals surface area contributed by atoms with Crippen LogP contribution in [0, 0.1) is 10.1 Å². The minimum absolute atomic E-state index is 0.0767. The SMILES string of the molecule is COc1ccc(C(=O)NC2CCCC2Cl)cc1[N+](=O)[O-]. The van der Waals surface area contributed by atoms with Gasteiger partial charge in [0.05, 0.1) is 17.4 Å². The Labute approximate surface area is 121 Å². The normalized spacial score (nSPS) is 21.5. The van der Waals surface area contributed by atoms with E-state index in [0.717, 1.165) is 19.3 Å².